The van der Waals surface area contributed by atoms with Gasteiger partial charge < -0.3 is 14.0 Å². The van der Waals surface area contributed by atoms with Crippen LogP contribution < -0.4 is 10.6 Å². The molecular formula is C11H11NO4. The Labute approximate surface area is 91.7 Å². The average molecular weight is 221 g/mol. The number of nitrogens with two attached hydrogens (primary N) is 1. The standard InChI is InChI=1S/C11H11NO4/c1-2-14-8-3-4-9-7(5-8)6-10(15-9)11(13)16-12/h3-6H,2,12H2,1H3. The van der Waals surface area contributed by atoms with Gasteiger partial charge in [0.05, 0.1) is 6.61 Å². The van der Waals surface area contributed by atoms with Crippen LogP contribution in [-0.4, -0.2) is 12.6 Å². The number of fused-ring (bicyclic) bond motifs is 1. The van der Waals surface area contributed by atoms with Gasteiger partial charge in [-0.15, -0.1) is 0 Å². The molecule has 0 atom stereocenters. The highest BCUT2D eigenvalue weighted by Crippen LogP contribution is 2.24. The van der Waals surface area contributed by atoms with E-state index in [4.69, 9.17) is 15.1 Å². The Morgan fingerprint density at radius 2 is 2.25 bits per heavy atom. The largest absolute Gasteiger partial charge is 0.494 e. The van der Waals surface area contributed by atoms with Gasteiger partial charge in [-0.05, 0) is 31.2 Å². The average Bonchev–Trinajstić information content (AvgIpc) is 2.71. The van der Waals surface area contributed by atoms with Gasteiger partial charge in [-0.1, -0.05) is 0 Å². The van der Waals surface area contributed by atoms with E-state index in [1.807, 2.05) is 6.92 Å². The number of rotatable bonds is 3. The fourth-order valence-electron chi connectivity index (χ4n) is 1.44. The van der Waals surface area contributed by atoms with E-state index in [0.717, 1.165) is 11.1 Å². The number of ether oxygens (including phenoxy) is 1. The maximum Gasteiger partial charge on any atom is 0.392 e. The van der Waals surface area contributed by atoms with E-state index in [0.29, 0.717) is 12.2 Å². The Morgan fingerprint density at radius 1 is 1.44 bits per heavy atom. The summed E-state index contributed by atoms with van der Waals surface area (Å²) in [5.74, 6) is 4.87. The molecule has 0 bridgehead atoms. The summed E-state index contributed by atoms with van der Waals surface area (Å²) in [5.41, 5.74) is 0.587. The predicted molar refractivity (Wildman–Crippen MR) is 57.0 cm³/mol. The molecule has 16 heavy (non-hydrogen) atoms. The monoisotopic (exact) mass is 221 g/mol. The van der Waals surface area contributed by atoms with Crippen molar-refractivity contribution in [3.63, 3.8) is 0 Å². The summed E-state index contributed by atoms with van der Waals surface area (Å²) < 4.78 is 10.6. The third-order valence-electron chi connectivity index (χ3n) is 2.11. The second-order valence-electron chi connectivity index (χ2n) is 3.15. The SMILES string of the molecule is CCOc1ccc2oc(C(=O)ON)cc2c1. The normalized spacial score (nSPS) is 10.4. The van der Waals surface area contributed by atoms with Gasteiger partial charge >= 0.3 is 5.97 Å². The van der Waals surface area contributed by atoms with Crippen LogP contribution in [0.3, 0.4) is 0 Å². The Bertz CT molecular complexity index is 518. The van der Waals surface area contributed by atoms with E-state index in [1.54, 1.807) is 24.3 Å². The van der Waals surface area contributed by atoms with Crippen molar-refractivity contribution < 1.29 is 18.8 Å². The molecule has 0 aliphatic carbocycles. The summed E-state index contributed by atoms with van der Waals surface area (Å²) in [4.78, 5) is 15.2. The first-order chi connectivity index (χ1) is 7.74. The lowest BCUT2D eigenvalue weighted by Gasteiger charge is -2.00. The molecule has 0 unspecified atom stereocenters. The fourth-order valence-corrected chi connectivity index (χ4v) is 1.44. The minimum absolute atomic E-state index is 0.0751. The van der Waals surface area contributed by atoms with Crippen LogP contribution in [-0.2, 0) is 4.84 Å². The lowest BCUT2D eigenvalue weighted by atomic mass is 10.2. The second-order valence-corrected chi connectivity index (χ2v) is 3.15. The van der Waals surface area contributed by atoms with Crippen molar-refractivity contribution in [3.05, 3.63) is 30.0 Å². The van der Waals surface area contributed by atoms with Crippen molar-refractivity contribution in [2.45, 2.75) is 6.92 Å². The number of carbonyl (C=O) groups excluding carboxylic acids is 1. The van der Waals surface area contributed by atoms with Crippen molar-refractivity contribution in [3.8, 4) is 5.75 Å². The molecule has 1 aromatic carbocycles. The van der Waals surface area contributed by atoms with Gasteiger partial charge in [-0.3, -0.25) is 0 Å². The third-order valence-corrected chi connectivity index (χ3v) is 2.11. The summed E-state index contributed by atoms with van der Waals surface area (Å²) in [6.07, 6.45) is 0. The van der Waals surface area contributed by atoms with E-state index in [9.17, 15) is 4.79 Å². The van der Waals surface area contributed by atoms with Gasteiger partial charge in [0.15, 0.2) is 0 Å². The van der Waals surface area contributed by atoms with Crippen molar-refractivity contribution in [1.82, 2.24) is 0 Å². The minimum Gasteiger partial charge on any atom is -0.494 e. The van der Waals surface area contributed by atoms with Gasteiger partial charge in [0, 0.05) is 5.39 Å². The predicted octanol–water partition coefficient (Wildman–Crippen LogP) is 1.86. The molecule has 84 valence electrons. The van der Waals surface area contributed by atoms with Crippen LogP contribution >= 0.6 is 0 Å². The molecule has 1 heterocycles. The summed E-state index contributed by atoms with van der Waals surface area (Å²) >= 11 is 0. The summed E-state index contributed by atoms with van der Waals surface area (Å²) in [6, 6.07) is 6.85. The van der Waals surface area contributed by atoms with Crippen LogP contribution in [0, 0.1) is 0 Å². The van der Waals surface area contributed by atoms with Crippen LogP contribution in [0.15, 0.2) is 28.7 Å². The molecule has 0 saturated carbocycles. The fraction of sp³-hybridized carbons (Fsp3) is 0.182. The zero-order chi connectivity index (χ0) is 11.5. The van der Waals surface area contributed by atoms with E-state index in [2.05, 4.69) is 4.84 Å². The molecule has 1 aromatic heterocycles. The number of hydrogen-bond acceptors (Lipinski definition) is 5. The zero-order valence-electron chi connectivity index (χ0n) is 8.73. The van der Waals surface area contributed by atoms with Crippen LogP contribution in [0.1, 0.15) is 17.5 Å². The van der Waals surface area contributed by atoms with Gasteiger partial charge in [-0.25, -0.2) is 4.79 Å². The Kier molecular flexibility index (Phi) is 2.78. The van der Waals surface area contributed by atoms with Crippen molar-refractivity contribution >= 4 is 16.9 Å². The topological polar surface area (TPSA) is 74.7 Å². The summed E-state index contributed by atoms with van der Waals surface area (Å²) in [7, 11) is 0. The lowest BCUT2D eigenvalue weighted by Crippen LogP contribution is -2.08. The first-order valence-electron chi connectivity index (χ1n) is 4.82. The molecule has 0 radical (unpaired) electrons. The van der Waals surface area contributed by atoms with E-state index in [-0.39, 0.29) is 5.76 Å². The molecule has 5 nitrogen and oxygen atoms in total. The summed E-state index contributed by atoms with van der Waals surface area (Å²) in [6.45, 7) is 2.48. The number of hydrogen-bond donors (Lipinski definition) is 1. The smallest absolute Gasteiger partial charge is 0.392 e. The van der Waals surface area contributed by atoms with Gasteiger partial charge in [0.2, 0.25) is 5.76 Å². The molecular weight excluding hydrogens is 210 g/mol. The molecule has 0 fully saturated rings. The maximum atomic E-state index is 11.1. The summed E-state index contributed by atoms with van der Waals surface area (Å²) in [5, 5.41) is 0.770. The third kappa shape index (κ3) is 1.85. The quantitative estimate of drug-likeness (QED) is 0.800. The molecule has 0 saturated heterocycles. The number of furan rings is 1. The Morgan fingerprint density at radius 3 is 2.94 bits per heavy atom. The van der Waals surface area contributed by atoms with Crippen molar-refractivity contribution in [1.29, 1.82) is 0 Å². The highest BCUT2D eigenvalue weighted by atomic mass is 16.7. The van der Waals surface area contributed by atoms with Crippen molar-refractivity contribution in [2.24, 2.45) is 5.90 Å². The molecule has 0 aliphatic rings. The molecule has 0 spiro atoms. The number of benzene rings is 1. The van der Waals surface area contributed by atoms with Gasteiger partial charge in [0.1, 0.15) is 11.3 Å². The van der Waals surface area contributed by atoms with Gasteiger partial charge in [0.25, 0.3) is 0 Å². The van der Waals surface area contributed by atoms with Crippen LogP contribution in [0.5, 0.6) is 5.75 Å². The van der Waals surface area contributed by atoms with Gasteiger partial charge in [-0.2, -0.15) is 5.90 Å². The minimum atomic E-state index is -0.700. The molecule has 5 heteroatoms. The van der Waals surface area contributed by atoms with Crippen LogP contribution in [0.25, 0.3) is 11.0 Å². The zero-order valence-corrected chi connectivity index (χ0v) is 8.73. The van der Waals surface area contributed by atoms with Crippen LogP contribution in [0.4, 0.5) is 0 Å². The maximum absolute atomic E-state index is 11.1. The highest BCUT2D eigenvalue weighted by Gasteiger charge is 2.13. The first kappa shape index (κ1) is 10.5. The van der Waals surface area contributed by atoms with Crippen LogP contribution in [0.2, 0.25) is 0 Å². The second kappa shape index (κ2) is 4.24. The number of carbonyl (C=O) groups is 1. The first-order valence-corrected chi connectivity index (χ1v) is 4.82. The molecule has 2 aromatic rings. The van der Waals surface area contributed by atoms with E-state index >= 15 is 0 Å². The Hall–Kier alpha value is -2.01. The molecule has 0 aliphatic heterocycles. The molecule has 2 rings (SSSR count). The lowest BCUT2D eigenvalue weighted by molar-refractivity contribution is 0.0469. The van der Waals surface area contributed by atoms with E-state index in [1.165, 1.54) is 0 Å². The highest BCUT2D eigenvalue weighted by molar-refractivity contribution is 5.92. The Balaban J connectivity index is 2.41. The molecule has 2 N–H and O–H groups in total. The van der Waals surface area contributed by atoms with Crippen molar-refractivity contribution in [2.75, 3.05) is 6.61 Å². The van der Waals surface area contributed by atoms with E-state index < -0.39 is 5.97 Å². The molecule has 0 amide bonds.